The SMILES string of the molecule is COc1ccc(OCCN(CC(=O)NCC2CCCO2)S(C)(=O)=O)cc1. The quantitative estimate of drug-likeness (QED) is 0.634. The first-order valence-electron chi connectivity index (χ1n) is 8.49. The monoisotopic (exact) mass is 386 g/mol. The van der Waals surface area contributed by atoms with Gasteiger partial charge in [-0.15, -0.1) is 0 Å². The highest BCUT2D eigenvalue weighted by Gasteiger charge is 2.21. The highest BCUT2D eigenvalue weighted by atomic mass is 32.2. The Morgan fingerprint density at radius 2 is 2.00 bits per heavy atom. The van der Waals surface area contributed by atoms with Gasteiger partial charge in [-0.05, 0) is 37.1 Å². The van der Waals surface area contributed by atoms with Crippen LogP contribution in [0.2, 0.25) is 0 Å². The van der Waals surface area contributed by atoms with Gasteiger partial charge >= 0.3 is 0 Å². The van der Waals surface area contributed by atoms with Crippen LogP contribution >= 0.6 is 0 Å². The minimum Gasteiger partial charge on any atom is -0.497 e. The fourth-order valence-electron chi connectivity index (χ4n) is 2.55. The van der Waals surface area contributed by atoms with Crippen molar-refractivity contribution in [1.82, 2.24) is 9.62 Å². The maximum atomic E-state index is 12.0. The van der Waals surface area contributed by atoms with Crippen LogP contribution in [0.5, 0.6) is 11.5 Å². The normalized spacial score (nSPS) is 17.3. The van der Waals surface area contributed by atoms with Crippen molar-refractivity contribution in [3.05, 3.63) is 24.3 Å². The molecule has 1 aromatic rings. The Morgan fingerprint density at radius 1 is 1.31 bits per heavy atom. The summed E-state index contributed by atoms with van der Waals surface area (Å²) in [5.41, 5.74) is 0. The Hall–Kier alpha value is -1.84. The summed E-state index contributed by atoms with van der Waals surface area (Å²) in [5, 5.41) is 2.72. The molecular formula is C17H26N2O6S. The lowest BCUT2D eigenvalue weighted by Gasteiger charge is -2.20. The summed E-state index contributed by atoms with van der Waals surface area (Å²) in [7, 11) is -1.95. The molecular weight excluding hydrogens is 360 g/mol. The van der Waals surface area contributed by atoms with Gasteiger partial charge in [-0.3, -0.25) is 4.79 Å². The molecule has 8 nitrogen and oxygen atoms in total. The third-order valence-electron chi connectivity index (χ3n) is 4.01. The van der Waals surface area contributed by atoms with Crippen LogP contribution in [-0.2, 0) is 19.6 Å². The second-order valence-corrected chi connectivity index (χ2v) is 8.04. The number of hydrogen-bond acceptors (Lipinski definition) is 6. The van der Waals surface area contributed by atoms with E-state index in [0.717, 1.165) is 23.4 Å². The van der Waals surface area contributed by atoms with Crippen LogP contribution in [0.25, 0.3) is 0 Å². The molecule has 1 fully saturated rings. The smallest absolute Gasteiger partial charge is 0.235 e. The zero-order valence-electron chi connectivity index (χ0n) is 15.1. The summed E-state index contributed by atoms with van der Waals surface area (Å²) < 4.78 is 40.9. The predicted octanol–water partition coefficient (Wildman–Crippen LogP) is 0.631. The molecule has 0 bridgehead atoms. The van der Waals surface area contributed by atoms with Gasteiger partial charge in [0.1, 0.15) is 18.1 Å². The number of hydrogen-bond donors (Lipinski definition) is 1. The zero-order valence-corrected chi connectivity index (χ0v) is 16.0. The molecule has 1 amide bonds. The van der Waals surface area contributed by atoms with Crippen LogP contribution in [0, 0.1) is 0 Å². The Morgan fingerprint density at radius 3 is 2.58 bits per heavy atom. The van der Waals surface area contributed by atoms with Gasteiger partial charge in [0, 0.05) is 19.7 Å². The molecule has 0 radical (unpaired) electrons. The molecule has 1 aliphatic rings. The molecule has 2 rings (SSSR count). The number of sulfonamides is 1. The van der Waals surface area contributed by atoms with Gasteiger partial charge in [0.2, 0.25) is 15.9 Å². The number of carbonyl (C=O) groups excluding carboxylic acids is 1. The largest absolute Gasteiger partial charge is 0.497 e. The van der Waals surface area contributed by atoms with Gasteiger partial charge in [0.25, 0.3) is 0 Å². The Kier molecular flexibility index (Phi) is 7.67. The number of rotatable bonds is 10. The molecule has 1 aromatic carbocycles. The maximum Gasteiger partial charge on any atom is 0.235 e. The van der Waals surface area contributed by atoms with Crippen molar-refractivity contribution in [2.45, 2.75) is 18.9 Å². The maximum absolute atomic E-state index is 12.0. The van der Waals surface area contributed by atoms with E-state index in [-0.39, 0.29) is 31.7 Å². The first kappa shape index (κ1) is 20.5. The van der Waals surface area contributed by atoms with Crippen molar-refractivity contribution >= 4 is 15.9 Å². The number of benzene rings is 1. The molecule has 26 heavy (non-hydrogen) atoms. The highest BCUT2D eigenvalue weighted by molar-refractivity contribution is 7.88. The summed E-state index contributed by atoms with van der Waals surface area (Å²) in [5.74, 6) is 0.954. The van der Waals surface area contributed by atoms with Gasteiger partial charge in [-0.2, -0.15) is 4.31 Å². The minimum atomic E-state index is -3.52. The summed E-state index contributed by atoms with van der Waals surface area (Å²) in [6.45, 7) is 1.09. The van der Waals surface area contributed by atoms with Crippen LogP contribution in [0.4, 0.5) is 0 Å². The first-order chi connectivity index (χ1) is 12.4. The molecule has 0 aromatic heterocycles. The van der Waals surface area contributed by atoms with E-state index in [1.807, 2.05) is 0 Å². The van der Waals surface area contributed by atoms with Crippen LogP contribution < -0.4 is 14.8 Å². The number of methoxy groups -OCH3 is 1. The fraction of sp³-hybridized carbons (Fsp3) is 0.588. The van der Waals surface area contributed by atoms with Crippen molar-refractivity contribution < 1.29 is 27.4 Å². The molecule has 1 unspecified atom stereocenters. The van der Waals surface area contributed by atoms with E-state index in [1.165, 1.54) is 0 Å². The van der Waals surface area contributed by atoms with Gasteiger partial charge in [0.15, 0.2) is 0 Å². The molecule has 1 aliphatic heterocycles. The van der Waals surface area contributed by atoms with Crippen molar-refractivity contribution in [1.29, 1.82) is 0 Å². The lowest BCUT2D eigenvalue weighted by Crippen LogP contribution is -2.43. The van der Waals surface area contributed by atoms with Crippen LogP contribution in [0.3, 0.4) is 0 Å². The Labute approximate surface area is 154 Å². The third-order valence-corrected chi connectivity index (χ3v) is 5.26. The topological polar surface area (TPSA) is 94.2 Å². The zero-order chi connectivity index (χ0) is 19.0. The number of nitrogens with one attached hydrogen (secondary N) is 1. The summed E-state index contributed by atoms with van der Waals surface area (Å²) in [6, 6.07) is 6.97. The summed E-state index contributed by atoms with van der Waals surface area (Å²) in [6.07, 6.45) is 2.99. The van der Waals surface area contributed by atoms with Crippen LogP contribution in [0.15, 0.2) is 24.3 Å². The van der Waals surface area contributed by atoms with E-state index in [0.29, 0.717) is 24.7 Å². The van der Waals surface area contributed by atoms with Gasteiger partial charge in [0.05, 0.1) is 26.0 Å². The van der Waals surface area contributed by atoms with E-state index < -0.39 is 10.0 Å². The minimum absolute atomic E-state index is 0.0176. The van der Waals surface area contributed by atoms with Crippen molar-refractivity contribution in [3.8, 4) is 11.5 Å². The van der Waals surface area contributed by atoms with E-state index in [4.69, 9.17) is 14.2 Å². The van der Waals surface area contributed by atoms with Gasteiger partial charge in [-0.25, -0.2) is 8.42 Å². The van der Waals surface area contributed by atoms with Crippen molar-refractivity contribution in [2.75, 3.05) is 46.2 Å². The molecule has 0 saturated carbocycles. The molecule has 1 heterocycles. The van der Waals surface area contributed by atoms with E-state index in [2.05, 4.69) is 5.32 Å². The fourth-order valence-corrected chi connectivity index (χ4v) is 3.31. The van der Waals surface area contributed by atoms with E-state index in [9.17, 15) is 13.2 Å². The number of amides is 1. The van der Waals surface area contributed by atoms with Crippen molar-refractivity contribution in [2.24, 2.45) is 0 Å². The molecule has 1 saturated heterocycles. The molecule has 9 heteroatoms. The standard InChI is InChI=1S/C17H26N2O6S/c1-23-14-5-7-15(8-6-14)25-11-9-19(26(2,21)22)13-17(20)18-12-16-4-3-10-24-16/h5-8,16H,3-4,9-13H2,1-2H3,(H,18,20). The van der Waals surface area contributed by atoms with Crippen molar-refractivity contribution in [3.63, 3.8) is 0 Å². The highest BCUT2D eigenvalue weighted by Crippen LogP contribution is 2.17. The van der Waals surface area contributed by atoms with Gasteiger partial charge < -0.3 is 19.5 Å². The van der Waals surface area contributed by atoms with E-state index in [1.54, 1.807) is 31.4 Å². The second kappa shape index (κ2) is 9.75. The average molecular weight is 386 g/mol. The molecule has 0 spiro atoms. The lowest BCUT2D eigenvalue weighted by atomic mass is 10.2. The number of ether oxygens (including phenoxy) is 3. The second-order valence-electron chi connectivity index (χ2n) is 6.06. The summed E-state index contributed by atoms with van der Waals surface area (Å²) >= 11 is 0. The lowest BCUT2D eigenvalue weighted by molar-refractivity contribution is -0.121. The van der Waals surface area contributed by atoms with Gasteiger partial charge in [-0.1, -0.05) is 0 Å². The Bertz CT molecular complexity index is 671. The molecule has 146 valence electrons. The third kappa shape index (κ3) is 6.81. The molecule has 1 N–H and O–H groups in total. The van der Waals surface area contributed by atoms with E-state index >= 15 is 0 Å². The summed E-state index contributed by atoms with van der Waals surface area (Å²) in [4.78, 5) is 12.0. The van der Waals surface area contributed by atoms with Crippen LogP contribution in [-0.4, -0.2) is 70.9 Å². The van der Waals surface area contributed by atoms with Crippen LogP contribution in [0.1, 0.15) is 12.8 Å². The number of carbonyl (C=O) groups is 1. The average Bonchev–Trinajstić information content (AvgIpc) is 3.12. The number of nitrogens with zero attached hydrogens (tertiary/aromatic N) is 1. The Balaban J connectivity index is 1.79. The molecule has 1 atom stereocenters. The first-order valence-corrected chi connectivity index (χ1v) is 10.3. The molecule has 0 aliphatic carbocycles. The predicted molar refractivity (Wildman–Crippen MR) is 96.9 cm³/mol.